The van der Waals surface area contributed by atoms with Gasteiger partial charge < -0.3 is 9.64 Å². The zero-order chi connectivity index (χ0) is 21.8. The molecule has 2 aromatic rings. The minimum absolute atomic E-state index is 0.117. The lowest BCUT2D eigenvalue weighted by molar-refractivity contribution is 0.0527. The Balaban J connectivity index is 1.41. The van der Waals surface area contributed by atoms with E-state index >= 15 is 0 Å². The summed E-state index contributed by atoms with van der Waals surface area (Å²) < 4.78 is 33.1. The van der Waals surface area contributed by atoms with Crippen molar-refractivity contribution in [1.29, 1.82) is 0 Å². The topological polar surface area (TPSA) is 92.7 Å². The van der Waals surface area contributed by atoms with E-state index < -0.39 is 10.0 Å². The molecule has 1 aromatic heterocycles. The van der Waals surface area contributed by atoms with Crippen molar-refractivity contribution in [3.05, 3.63) is 47.9 Å². The van der Waals surface area contributed by atoms with Crippen LogP contribution in [0.2, 0.25) is 0 Å². The number of piperidine rings is 2. The molecule has 0 N–H and O–H groups in total. The summed E-state index contributed by atoms with van der Waals surface area (Å²) in [6, 6.07) is 8.02. The Morgan fingerprint density at radius 2 is 1.77 bits per heavy atom. The first kappa shape index (κ1) is 21.7. The van der Waals surface area contributed by atoms with Gasteiger partial charge in [-0.2, -0.15) is 9.29 Å². The van der Waals surface area contributed by atoms with Crippen molar-refractivity contribution >= 4 is 15.9 Å². The van der Waals surface area contributed by atoms with Gasteiger partial charge in [0.25, 0.3) is 5.91 Å². The Morgan fingerprint density at radius 3 is 2.48 bits per heavy atom. The Hall–Kier alpha value is -2.52. The van der Waals surface area contributed by atoms with Gasteiger partial charge in [0, 0.05) is 37.5 Å². The van der Waals surface area contributed by atoms with Crippen LogP contribution in [0.25, 0.3) is 0 Å². The summed E-state index contributed by atoms with van der Waals surface area (Å²) in [5, 5.41) is 0. The van der Waals surface area contributed by atoms with E-state index in [1.165, 1.54) is 4.31 Å². The molecule has 0 saturated carbocycles. The van der Waals surface area contributed by atoms with Crippen molar-refractivity contribution in [2.45, 2.75) is 50.0 Å². The summed E-state index contributed by atoms with van der Waals surface area (Å²) in [7, 11) is -3.50. The molecule has 2 saturated heterocycles. The van der Waals surface area contributed by atoms with Crippen molar-refractivity contribution in [3.8, 4) is 5.88 Å². The smallest absolute Gasteiger partial charge is 0.253 e. The molecule has 1 amide bonds. The lowest BCUT2D eigenvalue weighted by Gasteiger charge is -2.32. The number of nitrogens with zero attached hydrogens (tertiary/aromatic N) is 4. The van der Waals surface area contributed by atoms with Gasteiger partial charge >= 0.3 is 0 Å². The zero-order valence-electron chi connectivity index (χ0n) is 17.7. The quantitative estimate of drug-likeness (QED) is 0.704. The molecule has 0 aliphatic carbocycles. The number of aromatic nitrogens is 2. The zero-order valence-corrected chi connectivity index (χ0v) is 18.6. The fourth-order valence-electron chi connectivity index (χ4n) is 4.10. The number of aryl methyl sites for hydroxylation is 1. The number of carbonyl (C=O) groups excluding carboxylic acids is 1. The van der Waals surface area contributed by atoms with Crippen molar-refractivity contribution in [3.63, 3.8) is 0 Å². The van der Waals surface area contributed by atoms with Gasteiger partial charge in [-0.3, -0.25) is 4.79 Å². The van der Waals surface area contributed by atoms with E-state index in [0.717, 1.165) is 32.1 Å². The van der Waals surface area contributed by atoms with Gasteiger partial charge in [-0.1, -0.05) is 6.42 Å². The Kier molecular flexibility index (Phi) is 6.52. The van der Waals surface area contributed by atoms with Gasteiger partial charge in [-0.25, -0.2) is 13.4 Å². The van der Waals surface area contributed by atoms with Gasteiger partial charge in [-0.15, -0.1) is 0 Å². The molecular weight excluding hydrogens is 416 g/mol. The molecule has 0 spiro atoms. The first-order chi connectivity index (χ1) is 14.9. The molecule has 1 unspecified atom stereocenters. The van der Waals surface area contributed by atoms with Crippen molar-refractivity contribution in [2.24, 2.45) is 0 Å². The van der Waals surface area contributed by atoms with Gasteiger partial charge in [-0.05, 0) is 56.9 Å². The second-order valence-electron chi connectivity index (χ2n) is 8.06. The highest BCUT2D eigenvalue weighted by molar-refractivity contribution is 7.89. The minimum Gasteiger partial charge on any atom is -0.472 e. The fourth-order valence-corrected chi connectivity index (χ4v) is 5.61. The van der Waals surface area contributed by atoms with E-state index in [4.69, 9.17) is 4.74 Å². The molecule has 0 radical (unpaired) electrons. The van der Waals surface area contributed by atoms with Gasteiger partial charge in [0.05, 0.1) is 11.4 Å². The minimum atomic E-state index is -3.50. The summed E-state index contributed by atoms with van der Waals surface area (Å²) in [6.45, 7) is 4.04. The number of rotatable bonds is 5. The Morgan fingerprint density at radius 1 is 1.03 bits per heavy atom. The summed E-state index contributed by atoms with van der Waals surface area (Å²) in [6.07, 6.45) is 6.05. The first-order valence-corrected chi connectivity index (χ1v) is 12.2. The van der Waals surface area contributed by atoms with E-state index in [1.807, 2.05) is 0 Å². The van der Waals surface area contributed by atoms with E-state index in [9.17, 15) is 13.2 Å². The van der Waals surface area contributed by atoms with Crippen LogP contribution in [-0.2, 0) is 10.0 Å². The highest BCUT2D eigenvalue weighted by Gasteiger charge is 2.28. The van der Waals surface area contributed by atoms with Crippen LogP contribution in [0.5, 0.6) is 5.88 Å². The Bertz CT molecular complexity index is 1020. The number of ether oxygens (including phenoxy) is 1. The van der Waals surface area contributed by atoms with Crippen LogP contribution in [0, 0.1) is 6.92 Å². The van der Waals surface area contributed by atoms with Crippen LogP contribution in [0.15, 0.2) is 41.4 Å². The predicted molar refractivity (Wildman–Crippen MR) is 115 cm³/mol. The number of amides is 1. The maximum Gasteiger partial charge on any atom is 0.253 e. The maximum absolute atomic E-state index is 13.0. The van der Waals surface area contributed by atoms with Gasteiger partial charge in [0.2, 0.25) is 15.9 Å². The van der Waals surface area contributed by atoms with Crippen LogP contribution < -0.4 is 4.74 Å². The average molecular weight is 445 g/mol. The molecule has 2 aliphatic heterocycles. The third-order valence-electron chi connectivity index (χ3n) is 5.76. The molecule has 0 bridgehead atoms. The van der Waals surface area contributed by atoms with Gasteiger partial charge in [0.15, 0.2) is 0 Å². The number of carbonyl (C=O) groups is 1. The summed E-state index contributed by atoms with van der Waals surface area (Å²) in [5.74, 6) is 1.04. The second-order valence-corrected chi connectivity index (χ2v) is 10.0. The average Bonchev–Trinajstić information content (AvgIpc) is 2.79. The second kappa shape index (κ2) is 9.32. The van der Waals surface area contributed by atoms with Crippen LogP contribution in [-0.4, -0.2) is 65.8 Å². The molecular formula is C22H28N4O4S. The normalized spacial score (nSPS) is 20.4. The molecule has 31 heavy (non-hydrogen) atoms. The van der Waals surface area contributed by atoms with Crippen LogP contribution in [0.1, 0.15) is 48.3 Å². The largest absolute Gasteiger partial charge is 0.472 e. The summed E-state index contributed by atoms with van der Waals surface area (Å²) in [5.41, 5.74) is 0.483. The number of sulfonamides is 1. The number of benzene rings is 1. The third-order valence-corrected chi connectivity index (χ3v) is 7.67. The first-order valence-electron chi connectivity index (χ1n) is 10.8. The van der Waals surface area contributed by atoms with E-state index in [0.29, 0.717) is 43.4 Å². The molecule has 4 rings (SSSR count). The van der Waals surface area contributed by atoms with E-state index in [1.54, 1.807) is 48.4 Å². The lowest BCUT2D eigenvalue weighted by atomic mass is 10.1. The standard InChI is InChI=1S/C22H28N4O4S/c1-17-23-12-11-21(24-17)30-19-6-5-13-25(16-19)22(27)18-7-9-20(10-8-18)31(28,29)26-14-3-2-4-15-26/h7-12,19H,2-6,13-16H2,1H3. The molecule has 1 atom stereocenters. The van der Waals surface area contributed by atoms with Crippen LogP contribution in [0.3, 0.4) is 0 Å². The summed E-state index contributed by atoms with van der Waals surface area (Å²) in [4.78, 5) is 23.3. The molecule has 2 fully saturated rings. The molecule has 9 heteroatoms. The Labute approximate surface area is 183 Å². The predicted octanol–water partition coefficient (Wildman–Crippen LogP) is 2.64. The number of hydrogen-bond acceptors (Lipinski definition) is 6. The number of hydrogen-bond donors (Lipinski definition) is 0. The van der Waals surface area contributed by atoms with Crippen molar-refractivity contribution in [2.75, 3.05) is 26.2 Å². The van der Waals surface area contributed by atoms with Crippen LogP contribution >= 0.6 is 0 Å². The maximum atomic E-state index is 13.0. The highest BCUT2D eigenvalue weighted by atomic mass is 32.2. The van der Waals surface area contributed by atoms with Gasteiger partial charge in [0.1, 0.15) is 11.9 Å². The van der Waals surface area contributed by atoms with E-state index in [2.05, 4.69) is 9.97 Å². The molecule has 3 heterocycles. The molecule has 2 aliphatic rings. The summed E-state index contributed by atoms with van der Waals surface area (Å²) >= 11 is 0. The number of likely N-dealkylation sites (tertiary alicyclic amines) is 1. The lowest BCUT2D eigenvalue weighted by Crippen LogP contribution is -2.44. The molecule has 166 valence electrons. The highest BCUT2D eigenvalue weighted by Crippen LogP contribution is 2.22. The van der Waals surface area contributed by atoms with E-state index in [-0.39, 0.29) is 16.9 Å². The molecule has 1 aromatic carbocycles. The molecule has 8 nitrogen and oxygen atoms in total. The van der Waals surface area contributed by atoms with Crippen LogP contribution in [0.4, 0.5) is 0 Å². The van der Waals surface area contributed by atoms with Crippen molar-refractivity contribution < 1.29 is 17.9 Å². The van der Waals surface area contributed by atoms with Crippen molar-refractivity contribution in [1.82, 2.24) is 19.2 Å². The third kappa shape index (κ3) is 5.04. The monoisotopic (exact) mass is 444 g/mol. The SMILES string of the molecule is Cc1nccc(OC2CCCN(C(=O)c3ccc(S(=O)(=O)N4CCCCC4)cc3)C2)n1. The fraction of sp³-hybridized carbons (Fsp3) is 0.500.